The molecule has 4 heterocycles. The van der Waals surface area contributed by atoms with E-state index in [-0.39, 0.29) is 18.3 Å². The topological polar surface area (TPSA) is 44.6 Å². The van der Waals surface area contributed by atoms with Crippen molar-refractivity contribution >= 4 is 40.7 Å². The first-order valence-corrected chi connectivity index (χ1v) is 13.5. The van der Waals surface area contributed by atoms with Crippen molar-refractivity contribution in [2.75, 3.05) is 42.5 Å². The van der Waals surface area contributed by atoms with E-state index in [0.29, 0.717) is 18.8 Å². The number of fused-ring (bicyclic) bond motifs is 2. The number of halogens is 1. The van der Waals surface area contributed by atoms with Crippen LogP contribution in [0.25, 0.3) is 10.9 Å². The van der Waals surface area contributed by atoms with Crippen LogP contribution in [-0.2, 0) is 19.5 Å². The Morgan fingerprint density at radius 1 is 0.868 bits per heavy atom. The van der Waals surface area contributed by atoms with Crippen LogP contribution in [0.5, 0.6) is 0 Å². The Kier molecular flexibility index (Phi) is 7.35. The Morgan fingerprint density at radius 2 is 1.55 bits per heavy atom. The number of benzene rings is 2. The predicted octanol–water partition coefficient (Wildman–Crippen LogP) is 5.62. The van der Waals surface area contributed by atoms with Crippen molar-refractivity contribution in [3.05, 3.63) is 88.7 Å². The molecule has 2 aliphatic rings. The molecular weight excluding hydrogens is 494 g/mol. The SMILES string of the molecule is CCn1c(C)c(C)c2cc(C(=O)N3CCN(c4ccccc4)CC3)nc(N3CCc4ccccc4C3)c21.Cl. The molecule has 0 unspecified atom stereocenters. The first-order chi connectivity index (χ1) is 18.0. The second-order valence-corrected chi connectivity index (χ2v) is 10.2. The van der Waals surface area contributed by atoms with Gasteiger partial charge in [-0.2, -0.15) is 0 Å². The lowest BCUT2D eigenvalue weighted by Crippen LogP contribution is -2.49. The average Bonchev–Trinajstić information content (AvgIpc) is 3.21. The van der Waals surface area contributed by atoms with E-state index in [4.69, 9.17) is 4.98 Å². The summed E-state index contributed by atoms with van der Waals surface area (Å²) in [5, 5.41) is 1.15. The summed E-state index contributed by atoms with van der Waals surface area (Å²) in [7, 11) is 0. The number of carbonyl (C=O) groups is 1. The highest BCUT2D eigenvalue weighted by atomic mass is 35.5. The molecule has 6 rings (SSSR count). The van der Waals surface area contributed by atoms with Gasteiger partial charge in [0.05, 0.1) is 5.52 Å². The Hall–Kier alpha value is -3.51. The van der Waals surface area contributed by atoms with Gasteiger partial charge in [0.2, 0.25) is 0 Å². The minimum atomic E-state index is 0. The summed E-state index contributed by atoms with van der Waals surface area (Å²) in [6.07, 6.45) is 0.990. The molecule has 2 aromatic carbocycles. The molecule has 6 nitrogen and oxygen atoms in total. The number of para-hydroxylation sites is 1. The average molecular weight is 530 g/mol. The Labute approximate surface area is 231 Å². The minimum absolute atomic E-state index is 0. The summed E-state index contributed by atoms with van der Waals surface area (Å²) in [6, 6.07) is 21.2. The number of hydrogen-bond acceptors (Lipinski definition) is 4. The van der Waals surface area contributed by atoms with E-state index in [0.717, 1.165) is 55.9 Å². The number of amides is 1. The quantitative estimate of drug-likeness (QED) is 0.344. The van der Waals surface area contributed by atoms with Gasteiger partial charge in [0.25, 0.3) is 5.91 Å². The minimum Gasteiger partial charge on any atom is -0.368 e. The van der Waals surface area contributed by atoms with Crippen LogP contribution >= 0.6 is 12.4 Å². The van der Waals surface area contributed by atoms with E-state index in [1.165, 1.54) is 28.1 Å². The van der Waals surface area contributed by atoms with E-state index in [2.05, 4.69) is 83.7 Å². The van der Waals surface area contributed by atoms with Crippen molar-refractivity contribution in [3.8, 4) is 0 Å². The molecule has 7 heteroatoms. The number of piperazine rings is 1. The summed E-state index contributed by atoms with van der Waals surface area (Å²) in [6.45, 7) is 12.2. The number of pyridine rings is 1. The molecule has 0 atom stereocenters. The Bertz CT molecular complexity index is 1460. The monoisotopic (exact) mass is 529 g/mol. The van der Waals surface area contributed by atoms with Gasteiger partial charge < -0.3 is 19.3 Å². The lowest BCUT2D eigenvalue weighted by Gasteiger charge is -2.36. The molecule has 0 radical (unpaired) electrons. The van der Waals surface area contributed by atoms with Crippen molar-refractivity contribution in [3.63, 3.8) is 0 Å². The maximum Gasteiger partial charge on any atom is 0.272 e. The summed E-state index contributed by atoms with van der Waals surface area (Å²) in [4.78, 5) is 25.6. The first kappa shape index (κ1) is 26.1. The summed E-state index contributed by atoms with van der Waals surface area (Å²) < 4.78 is 2.36. The summed E-state index contributed by atoms with van der Waals surface area (Å²) >= 11 is 0. The molecule has 2 aliphatic heterocycles. The molecule has 1 amide bonds. The fraction of sp³-hybridized carbons (Fsp3) is 0.355. The molecule has 1 fully saturated rings. The fourth-order valence-electron chi connectivity index (χ4n) is 6.01. The normalized spacial score (nSPS) is 15.4. The van der Waals surface area contributed by atoms with Crippen molar-refractivity contribution in [2.45, 2.75) is 40.3 Å². The standard InChI is InChI=1S/C31H35N5O.ClH/c1-4-36-23(3)22(2)27-20-28(31(37)34-18-16-33(17-19-34)26-12-6-5-7-13-26)32-30(29(27)36)35-15-14-24-10-8-9-11-25(24)21-35;/h5-13,20H,4,14-19,21H2,1-3H3;1H. The van der Waals surface area contributed by atoms with E-state index in [9.17, 15) is 4.79 Å². The lowest BCUT2D eigenvalue weighted by atomic mass is 10.00. The third kappa shape index (κ3) is 4.51. The third-order valence-corrected chi connectivity index (χ3v) is 8.25. The van der Waals surface area contributed by atoms with Crippen LogP contribution in [0.3, 0.4) is 0 Å². The number of anilines is 2. The maximum absolute atomic E-state index is 13.8. The van der Waals surface area contributed by atoms with E-state index in [1.54, 1.807) is 0 Å². The molecule has 0 spiro atoms. The van der Waals surface area contributed by atoms with Gasteiger partial charge in [-0.3, -0.25) is 4.79 Å². The smallest absolute Gasteiger partial charge is 0.272 e. The second kappa shape index (κ2) is 10.7. The van der Waals surface area contributed by atoms with Crippen molar-refractivity contribution < 1.29 is 4.79 Å². The van der Waals surface area contributed by atoms with Gasteiger partial charge in [-0.05, 0) is 62.1 Å². The number of aryl methyl sites for hydroxylation is 2. The third-order valence-electron chi connectivity index (χ3n) is 8.25. The molecule has 0 aliphatic carbocycles. The summed E-state index contributed by atoms with van der Waals surface area (Å²) in [5.41, 5.74) is 8.18. The van der Waals surface area contributed by atoms with Crippen molar-refractivity contribution in [2.24, 2.45) is 0 Å². The van der Waals surface area contributed by atoms with Gasteiger partial charge in [-0.15, -0.1) is 12.4 Å². The first-order valence-electron chi connectivity index (χ1n) is 13.5. The molecule has 0 bridgehead atoms. The van der Waals surface area contributed by atoms with Crippen LogP contribution in [0.2, 0.25) is 0 Å². The summed E-state index contributed by atoms with van der Waals surface area (Å²) in [5.74, 6) is 0.978. The Morgan fingerprint density at radius 3 is 2.26 bits per heavy atom. The van der Waals surface area contributed by atoms with Crippen LogP contribution in [-0.4, -0.2) is 53.1 Å². The number of carbonyl (C=O) groups excluding carboxylic acids is 1. The Balaban J connectivity index is 0.00000294. The number of nitrogens with zero attached hydrogens (tertiary/aromatic N) is 5. The highest BCUT2D eigenvalue weighted by Crippen LogP contribution is 2.35. The number of aromatic nitrogens is 2. The van der Waals surface area contributed by atoms with Crippen LogP contribution in [0.1, 0.15) is 39.8 Å². The van der Waals surface area contributed by atoms with E-state index >= 15 is 0 Å². The molecule has 198 valence electrons. The predicted molar refractivity (Wildman–Crippen MR) is 158 cm³/mol. The number of rotatable bonds is 4. The van der Waals surface area contributed by atoms with Gasteiger partial charge in [-0.25, -0.2) is 4.98 Å². The van der Waals surface area contributed by atoms with Gasteiger partial charge in [0.15, 0.2) is 5.82 Å². The second-order valence-electron chi connectivity index (χ2n) is 10.2. The molecule has 0 N–H and O–H groups in total. The zero-order valence-corrected chi connectivity index (χ0v) is 23.3. The number of hydrogen-bond donors (Lipinski definition) is 0. The molecule has 2 aromatic heterocycles. The van der Waals surface area contributed by atoms with Crippen LogP contribution in [0, 0.1) is 13.8 Å². The van der Waals surface area contributed by atoms with Gasteiger partial charge >= 0.3 is 0 Å². The maximum atomic E-state index is 13.8. The lowest BCUT2D eigenvalue weighted by molar-refractivity contribution is 0.0741. The highest BCUT2D eigenvalue weighted by molar-refractivity contribution is 6.01. The zero-order valence-electron chi connectivity index (χ0n) is 22.5. The van der Waals surface area contributed by atoms with Crippen LogP contribution in [0.15, 0.2) is 60.7 Å². The van der Waals surface area contributed by atoms with Crippen LogP contribution in [0.4, 0.5) is 11.5 Å². The van der Waals surface area contributed by atoms with Crippen LogP contribution < -0.4 is 9.80 Å². The van der Waals surface area contributed by atoms with Gasteiger partial charge in [0.1, 0.15) is 5.69 Å². The molecule has 38 heavy (non-hydrogen) atoms. The van der Waals surface area contributed by atoms with Gasteiger partial charge in [-0.1, -0.05) is 42.5 Å². The largest absolute Gasteiger partial charge is 0.368 e. The van der Waals surface area contributed by atoms with Crippen molar-refractivity contribution in [1.29, 1.82) is 0 Å². The molecule has 0 saturated carbocycles. The van der Waals surface area contributed by atoms with Crippen molar-refractivity contribution in [1.82, 2.24) is 14.5 Å². The van der Waals surface area contributed by atoms with E-state index < -0.39 is 0 Å². The molecular formula is C31H36ClN5O. The van der Waals surface area contributed by atoms with Gasteiger partial charge in [0, 0.05) is 62.6 Å². The fourth-order valence-corrected chi connectivity index (χ4v) is 6.01. The molecule has 1 saturated heterocycles. The highest BCUT2D eigenvalue weighted by Gasteiger charge is 2.28. The molecule has 4 aromatic rings. The zero-order chi connectivity index (χ0) is 25.5. The van der Waals surface area contributed by atoms with E-state index in [1.807, 2.05) is 17.0 Å².